The van der Waals surface area contributed by atoms with E-state index >= 15 is 0 Å². The fraction of sp³-hybridized carbons (Fsp3) is 0.0526. The molecule has 1 aliphatic heterocycles. The first-order valence-electron chi connectivity index (χ1n) is 7.21. The van der Waals surface area contributed by atoms with Gasteiger partial charge in [-0.1, -0.05) is 84.2 Å². The van der Waals surface area contributed by atoms with Crippen LogP contribution in [0, 0.1) is 6.92 Å². The van der Waals surface area contributed by atoms with Crippen LogP contribution in [0.25, 0.3) is 6.08 Å². The number of thiocarbonyl (C=S) groups is 1. The van der Waals surface area contributed by atoms with E-state index in [0.717, 1.165) is 16.8 Å². The van der Waals surface area contributed by atoms with Gasteiger partial charge in [0.05, 0.1) is 10.6 Å². The largest absolute Gasteiger partial charge is 0.270 e. The molecule has 2 aromatic rings. The Morgan fingerprint density at radius 1 is 1.04 bits per heavy atom. The van der Waals surface area contributed by atoms with Crippen LogP contribution in [0.4, 0.5) is 5.69 Å². The minimum Gasteiger partial charge on any atom is -0.268 e. The first-order valence-corrected chi connectivity index (χ1v) is 8.44. The lowest BCUT2D eigenvalue weighted by molar-refractivity contribution is -0.113. The van der Waals surface area contributed by atoms with Gasteiger partial charge >= 0.3 is 0 Å². The third kappa shape index (κ3) is 3.60. The van der Waals surface area contributed by atoms with Gasteiger partial charge in [0, 0.05) is 0 Å². The van der Waals surface area contributed by atoms with Gasteiger partial charge in [-0.15, -0.1) is 0 Å². The van der Waals surface area contributed by atoms with Crippen molar-refractivity contribution < 1.29 is 4.79 Å². The summed E-state index contributed by atoms with van der Waals surface area (Å²) in [4.78, 5) is 14.8. The number of benzene rings is 2. The lowest BCUT2D eigenvalue weighted by Gasteiger charge is -2.14. The minimum atomic E-state index is -0.0680. The number of carbonyl (C=O) groups is 1. The molecular formula is C19H15NOS2. The van der Waals surface area contributed by atoms with Crippen molar-refractivity contribution in [1.29, 1.82) is 0 Å². The van der Waals surface area contributed by atoms with E-state index in [4.69, 9.17) is 12.2 Å². The number of rotatable bonds is 3. The molecule has 2 aromatic carbocycles. The molecule has 1 fully saturated rings. The summed E-state index contributed by atoms with van der Waals surface area (Å²) in [5.74, 6) is -0.0680. The molecular weight excluding hydrogens is 322 g/mol. The van der Waals surface area contributed by atoms with Gasteiger partial charge in [-0.3, -0.25) is 9.69 Å². The minimum absolute atomic E-state index is 0.0680. The Morgan fingerprint density at radius 2 is 1.74 bits per heavy atom. The van der Waals surface area contributed by atoms with Gasteiger partial charge in [-0.2, -0.15) is 0 Å². The van der Waals surface area contributed by atoms with Crippen LogP contribution >= 0.6 is 24.0 Å². The van der Waals surface area contributed by atoms with E-state index in [2.05, 4.69) is 0 Å². The fourth-order valence-corrected chi connectivity index (χ4v) is 3.46. The highest BCUT2D eigenvalue weighted by molar-refractivity contribution is 8.27. The van der Waals surface area contributed by atoms with Gasteiger partial charge in [0.1, 0.15) is 0 Å². The molecule has 0 unspecified atom stereocenters. The standard InChI is InChI=1S/C19H15NOS2/c1-14-10-12-16(13-11-14)20-18(21)17(23-19(20)22)9-5-8-15-6-3-2-4-7-15/h2-13H,1H3. The zero-order valence-corrected chi connectivity index (χ0v) is 14.2. The number of hydrogen-bond acceptors (Lipinski definition) is 3. The highest BCUT2D eigenvalue weighted by atomic mass is 32.2. The number of nitrogens with zero attached hydrogens (tertiary/aromatic N) is 1. The van der Waals surface area contributed by atoms with Gasteiger partial charge in [0.2, 0.25) is 0 Å². The smallest absolute Gasteiger partial charge is 0.268 e. The Morgan fingerprint density at radius 3 is 2.43 bits per heavy atom. The van der Waals surface area contributed by atoms with Crippen LogP contribution < -0.4 is 4.90 Å². The highest BCUT2D eigenvalue weighted by Gasteiger charge is 2.32. The van der Waals surface area contributed by atoms with Crippen molar-refractivity contribution in [3.05, 3.63) is 82.8 Å². The molecule has 0 spiro atoms. The Labute approximate surface area is 145 Å². The van der Waals surface area contributed by atoms with Crippen molar-refractivity contribution >= 4 is 46.0 Å². The highest BCUT2D eigenvalue weighted by Crippen LogP contribution is 2.34. The molecule has 0 bridgehead atoms. The first-order chi connectivity index (χ1) is 11.1. The van der Waals surface area contributed by atoms with Gasteiger partial charge in [-0.25, -0.2) is 0 Å². The average molecular weight is 337 g/mol. The predicted molar refractivity (Wildman–Crippen MR) is 102 cm³/mol. The van der Waals surface area contributed by atoms with Crippen LogP contribution in [0.1, 0.15) is 11.1 Å². The van der Waals surface area contributed by atoms with Crippen molar-refractivity contribution in [3.63, 3.8) is 0 Å². The Hall–Kier alpha value is -2.17. The first kappa shape index (κ1) is 15.7. The molecule has 1 heterocycles. The van der Waals surface area contributed by atoms with Gasteiger partial charge in [-0.05, 0) is 30.7 Å². The molecule has 114 valence electrons. The van der Waals surface area contributed by atoms with Crippen LogP contribution in [0.3, 0.4) is 0 Å². The van der Waals surface area contributed by atoms with Crippen molar-refractivity contribution in [3.8, 4) is 0 Å². The van der Waals surface area contributed by atoms with Crippen LogP contribution in [0.15, 0.2) is 71.7 Å². The quantitative estimate of drug-likeness (QED) is 0.583. The number of carbonyl (C=O) groups excluding carboxylic acids is 1. The summed E-state index contributed by atoms with van der Waals surface area (Å²) >= 11 is 6.69. The van der Waals surface area contributed by atoms with E-state index in [1.807, 2.05) is 79.7 Å². The maximum Gasteiger partial charge on any atom is 0.270 e. The molecule has 0 saturated carbocycles. The molecule has 0 aliphatic carbocycles. The van der Waals surface area contributed by atoms with Crippen molar-refractivity contribution in [2.24, 2.45) is 0 Å². The summed E-state index contributed by atoms with van der Waals surface area (Å²) in [6.45, 7) is 2.02. The van der Waals surface area contributed by atoms with Crippen molar-refractivity contribution in [2.45, 2.75) is 6.92 Å². The third-order valence-corrected chi connectivity index (χ3v) is 4.74. The zero-order valence-electron chi connectivity index (χ0n) is 12.6. The lowest BCUT2D eigenvalue weighted by atomic mass is 10.2. The molecule has 0 N–H and O–H groups in total. The topological polar surface area (TPSA) is 20.3 Å². The normalized spacial score (nSPS) is 16.7. The van der Waals surface area contributed by atoms with Crippen LogP contribution in [0.2, 0.25) is 0 Å². The Kier molecular flexibility index (Phi) is 4.74. The molecule has 1 amide bonds. The second-order valence-electron chi connectivity index (χ2n) is 5.14. The predicted octanol–water partition coefficient (Wildman–Crippen LogP) is 4.96. The average Bonchev–Trinajstić information content (AvgIpc) is 2.84. The summed E-state index contributed by atoms with van der Waals surface area (Å²) < 4.78 is 0.568. The van der Waals surface area contributed by atoms with E-state index in [9.17, 15) is 4.79 Å². The lowest BCUT2D eigenvalue weighted by Crippen LogP contribution is -2.27. The molecule has 1 saturated heterocycles. The molecule has 2 nitrogen and oxygen atoms in total. The van der Waals surface area contributed by atoms with Gasteiger partial charge < -0.3 is 0 Å². The maximum absolute atomic E-state index is 12.6. The number of aryl methyl sites for hydroxylation is 1. The van der Waals surface area contributed by atoms with E-state index in [0.29, 0.717) is 9.23 Å². The molecule has 0 aromatic heterocycles. The zero-order chi connectivity index (χ0) is 16.2. The van der Waals surface area contributed by atoms with Crippen LogP contribution in [-0.4, -0.2) is 10.2 Å². The Balaban J connectivity index is 1.79. The van der Waals surface area contributed by atoms with Gasteiger partial charge in [0.25, 0.3) is 5.91 Å². The second-order valence-corrected chi connectivity index (χ2v) is 6.82. The fourth-order valence-electron chi connectivity index (χ4n) is 2.21. The molecule has 3 rings (SSSR count). The van der Waals surface area contributed by atoms with Crippen molar-refractivity contribution in [2.75, 3.05) is 4.90 Å². The number of thioether (sulfide) groups is 1. The van der Waals surface area contributed by atoms with Crippen LogP contribution in [0.5, 0.6) is 0 Å². The van der Waals surface area contributed by atoms with E-state index in [1.54, 1.807) is 4.90 Å². The van der Waals surface area contributed by atoms with Crippen LogP contribution in [-0.2, 0) is 4.79 Å². The molecule has 0 atom stereocenters. The SMILES string of the molecule is Cc1ccc(N2C(=O)C(=CC=Cc3ccccc3)SC2=S)cc1. The summed E-state index contributed by atoms with van der Waals surface area (Å²) in [6, 6.07) is 17.8. The number of amides is 1. The maximum atomic E-state index is 12.6. The number of anilines is 1. The number of allylic oxidation sites excluding steroid dienone is 2. The van der Waals surface area contributed by atoms with Gasteiger partial charge in [0.15, 0.2) is 4.32 Å². The summed E-state index contributed by atoms with van der Waals surface area (Å²) in [5.41, 5.74) is 3.06. The Bertz CT molecular complexity index is 792. The molecule has 23 heavy (non-hydrogen) atoms. The second kappa shape index (κ2) is 6.94. The van der Waals surface area contributed by atoms with E-state index in [-0.39, 0.29) is 5.91 Å². The monoisotopic (exact) mass is 337 g/mol. The number of hydrogen-bond donors (Lipinski definition) is 0. The van der Waals surface area contributed by atoms with E-state index in [1.165, 1.54) is 11.8 Å². The third-order valence-electron chi connectivity index (χ3n) is 3.42. The molecule has 1 aliphatic rings. The molecule has 0 radical (unpaired) electrons. The summed E-state index contributed by atoms with van der Waals surface area (Å²) in [6.07, 6.45) is 5.68. The van der Waals surface area contributed by atoms with Crippen molar-refractivity contribution in [1.82, 2.24) is 0 Å². The summed E-state index contributed by atoms with van der Waals surface area (Å²) in [7, 11) is 0. The summed E-state index contributed by atoms with van der Waals surface area (Å²) in [5, 5.41) is 0. The van der Waals surface area contributed by atoms with E-state index < -0.39 is 0 Å². The molecule has 4 heteroatoms.